The summed E-state index contributed by atoms with van der Waals surface area (Å²) in [7, 11) is 0. The fourth-order valence-corrected chi connectivity index (χ4v) is 0.696. The van der Waals surface area contributed by atoms with Crippen LogP contribution in [0.25, 0.3) is 0 Å². The van der Waals surface area contributed by atoms with Crippen molar-refractivity contribution >= 4 is 18.0 Å². The van der Waals surface area contributed by atoms with Gasteiger partial charge < -0.3 is 19.9 Å². The zero-order chi connectivity index (χ0) is 14.0. The minimum atomic E-state index is -1.12. The van der Waals surface area contributed by atoms with Crippen LogP contribution in [0.3, 0.4) is 0 Å². The Morgan fingerprint density at radius 2 is 2.28 bits per heavy atom. The van der Waals surface area contributed by atoms with Crippen molar-refractivity contribution in [3.8, 4) is 0 Å². The average Bonchev–Trinajstić information content (AvgIpc) is 2.78. The predicted molar refractivity (Wildman–Crippen MR) is 63.1 cm³/mol. The summed E-state index contributed by atoms with van der Waals surface area (Å²) in [5.74, 6) is -0.216. The molecule has 0 bridgehead atoms. The molecule has 18 heavy (non-hydrogen) atoms. The van der Waals surface area contributed by atoms with E-state index in [2.05, 4.69) is 21.3 Å². The number of rotatable bonds is 4. The number of hydrogen-bond acceptors (Lipinski definition) is 5. The Kier molecular flexibility index (Phi) is 7.62. The molecule has 0 saturated carbocycles. The van der Waals surface area contributed by atoms with Gasteiger partial charge in [-0.15, -0.1) is 0 Å². The number of aliphatic hydroxyl groups is 1. The number of aromatic nitrogens is 2. The number of hydrogen-bond donors (Lipinski definition) is 4. The van der Waals surface area contributed by atoms with Crippen molar-refractivity contribution in [1.82, 2.24) is 9.97 Å². The number of esters is 1. The van der Waals surface area contributed by atoms with Crippen LogP contribution in [0.15, 0.2) is 24.5 Å². The van der Waals surface area contributed by atoms with Crippen molar-refractivity contribution < 1.29 is 24.5 Å². The van der Waals surface area contributed by atoms with Crippen molar-refractivity contribution in [3.05, 3.63) is 24.5 Å². The second kappa shape index (κ2) is 8.76. The van der Waals surface area contributed by atoms with Crippen LogP contribution >= 0.6 is 0 Å². The molecule has 1 heterocycles. The number of carbonyl (C=O) groups excluding carboxylic acids is 1. The van der Waals surface area contributed by atoms with Crippen LogP contribution < -0.4 is 5.32 Å². The highest BCUT2D eigenvalue weighted by atomic mass is 16.5. The monoisotopic (exact) mass is 257 g/mol. The van der Waals surface area contributed by atoms with Crippen molar-refractivity contribution in [2.75, 3.05) is 18.5 Å². The summed E-state index contributed by atoms with van der Waals surface area (Å²) in [6.45, 7) is 4.81. The Morgan fingerprint density at radius 3 is 2.67 bits per heavy atom. The number of imidazole rings is 1. The van der Waals surface area contributed by atoms with E-state index in [-0.39, 0.29) is 19.2 Å². The van der Waals surface area contributed by atoms with Gasteiger partial charge in [0.1, 0.15) is 6.61 Å². The Labute approximate surface area is 103 Å². The molecule has 0 aliphatic rings. The van der Waals surface area contributed by atoms with Gasteiger partial charge in [-0.2, -0.15) is 0 Å². The molecule has 0 radical (unpaired) electrons. The molecule has 1 aromatic heterocycles. The number of aliphatic hydroxyl groups excluding tert-OH is 1. The second-order valence-electron chi connectivity index (χ2n) is 3.01. The summed E-state index contributed by atoms with van der Waals surface area (Å²) < 4.78 is 4.46. The third kappa shape index (κ3) is 7.88. The maximum atomic E-state index is 10.5. The van der Waals surface area contributed by atoms with Crippen LogP contribution in [0, 0.1) is 0 Å². The standard InChI is InChI=1S/C6H10O3.C4H5N3O2/c1-5(2)6(8)9-4-3-7;8-4(9)7-3-5-1-2-6-3/h7H,1,3-4H2,2H3;1-2H,(H,8,9)(H2,5,6,7). The zero-order valence-electron chi connectivity index (χ0n) is 9.84. The average molecular weight is 257 g/mol. The Hall–Kier alpha value is -2.35. The highest BCUT2D eigenvalue weighted by molar-refractivity contribution is 5.86. The molecule has 0 fully saturated rings. The fraction of sp³-hybridized carbons (Fsp3) is 0.300. The molecule has 0 aliphatic carbocycles. The molecule has 0 unspecified atom stereocenters. The van der Waals surface area contributed by atoms with Gasteiger partial charge in [0, 0.05) is 18.0 Å². The fourth-order valence-electron chi connectivity index (χ4n) is 0.696. The molecule has 100 valence electrons. The number of nitrogens with one attached hydrogen (secondary N) is 2. The maximum absolute atomic E-state index is 10.5. The third-order valence-electron chi connectivity index (χ3n) is 1.40. The van der Waals surface area contributed by atoms with Gasteiger partial charge in [-0.1, -0.05) is 6.58 Å². The van der Waals surface area contributed by atoms with Crippen molar-refractivity contribution in [3.63, 3.8) is 0 Å². The van der Waals surface area contributed by atoms with E-state index in [9.17, 15) is 9.59 Å². The van der Waals surface area contributed by atoms with E-state index in [4.69, 9.17) is 10.2 Å². The van der Waals surface area contributed by atoms with Gasteiger partial charge in [0.15, 0.2) is 0 Å². The van der Waals surface area contributed by atoms with Crippen LogP contribution in [0.2, 0.25) is 0 Å². The summed E-state index contributed by atoms with van der Waals surface area (Å²) in [5, 5.41) is 18.3. The molecule has 1 aromatic rings. The van der Waals surface area contributed by atoms with Crippen molar-refractivity contribution in [2.45, 2.75) is 6.92 Å². The van der Waals surface area contributed by atoms with Gasteiger partial charge in [-0.05, 0) is 6.92 Å². The van der Waals surface area contributed by atoms with E-state index in [1.165, 1.54) is 12.4 Å². The molecular weight excluding hydrogens is 242 g/mol. The summed E-state index contributed by atoms with van der Waals surface area (Å²) in [6, 6.07) is 0. The molecule has 0 saturated heterocycles. The van der Waals surface area contributed by atoms with E-state index in [0.29, 0.717) is 5.57 Å². The minimum absolute atomic E-state index is 0.0473. The quantitative estimate of drug-likeness (QED) is 0.462. The Bertz CT molecular complexity index is 388. The normalized spacial score (nSPS) is 8.78. The van der Waals surface area contributed by atoms with Gasteiger partial charge in [-0.25, -0.2) is 14.6 Å². The summed E-state index contributed by atoms with van der Waals surface area (Å²) in [5.41, 5.74) is 0.350. The van der Waals surface area contributed by atoms with Crippen LogP contribution in [0.4, 0.5) is 10.7 Å². The molecule has 0 aliphatic heterocycles. The van der Waals surface area contributed by atoms with E-state index in [0.717, 1.165) is 0 Å². The zero-order valence-corrected chi connectivity index (χ0v) is 9.84. The number of amides is 1. The van der Waals surface area contributed by atoms with Gasteiger partial charge in [-0.3, -0.25) is 5.32 Å². The topological polar surface area (TPSA) is 125 Å². The molecule has 8 heteroatoms. The summed E-state index contributed by atoms with van der Waals surface area (Å²) >= 11 is 0. The highest BCUT2D eigenvalue weighted by Crippen LogP contribution is 1.92. The van der Waals surface area contributed by atoms with Crippen LogP contribution in [-0.4, -0.2) is 45.5 Å². The van der Waals surface area contributed by atoms with Crippen LogP contribution in [-0.2, 0) is 9.53 Å². The lowest BCUT2D eigenvalue weighted by Crippen LogP contribution is -2.08. The molecule has 1 amide bonds. The lowest BCUT2D eigenvalue weighted by molar-refractivity contribution is -0.139. The lowest BCUT2D eigenvalue weighted by atomic mass is 10.4. The lowest BCUT2D eigenvalue weighted by Gasteiger charge is -1.99. The number of aromatic amines is 1. The number of anilines is 1. The first-order valence-corrected chi connectivity index (χ1v) is 4.90. The maximum Gasteiger partial charge on any atom is 0.411 e. The molecule has 1 rings (SSSR count). The number of carbonyl (C=O) groups is 2. The predicted octanol–water partition coefficient (Wildman–Crippen LogP) is 0.598. The van der Waals surface area contributed by atoms with Crippen LogP contribution in [0.1, 0.15) is 6.92 Å². The molecule has 0 spiro atoms. The van der Waals surface area contributed by atoms with Gasteiger partial charge in [0.2, 0.25) is 5.95 Å². The smallest absolute Gasteiger partial charge is 0.411 e. The van der Waals surface area contributed by atoms with E-state index >= 15 is 0 Å². The first kappa shape index (κ1) is 15.7. The van der Waals surface area contributed by atoms with Crippen molar-refractivity contribution in [2.24, 2.45) is 0 Å². The van der Waals surface area contributed by atoms with Gasteiger partial charge in [0.05, 0.1) is 6.61 Å². The minimum Gasteiger partial charge on any atom is -0.465 e. The first-order valence-electron chi connectivity index (χ1n) is 4.90. The van der Waals surface area contributed by atoms with Crippen LogP contribution in [0.5, 0.6) is 0 Å². The largest absolute Gasteiger partial charge is 0.465 e. The molecule has 4 N–H and O–H groups in total. The summed E-state index contributed by atoms with van der Waals surface area (Å²) in [4.78, 5) is 26.5. The Morgan fingerprint density at radius 1 is 1.61 bits per heavy atom. The van der Waals surface area contributed by atoms with E-state index in [1.54, 1.807) is 6.92 Å². The number of nitrogens with zero attached hydrogens (tertiary/aromatic N) is 1. The molecule has 8 nitrogen and oxygen atoms in total. The summed E-state index contributed by atoms with van der Waals surface area (Å²) in [6.07, 6.45) is 1.88. The van der Waals surface area contributed by atoms with Gasteiger partial charge >= 0.3 is 12.1 Å². The number of carboxylic acid groups (broad SMARTS) is 1. The number of H-pyrrole nitrogens is 1. The van der Waals surface area contributed by atoms with E-state index in [1.807, 2.05) is 5.32 Å². The second-order valence-corrected chi connectivity index (χ2v) is 3.01. The molecular formula is C10H15N3O5. The third-order valence-corrected chi connectivity index (χ3v) is 1.40. The molecule has 0 atom stereocenters. The highest BCUT2D eigenvalue weighted by Gasteiger charge is 1.99. The SMILES string of the molecule is C=C(C)C(=O)OCCO.O=C(O)Nc1ncc[nH]1. The Balaban J connectivity index is 0.000000321. The van der Waals surface area contributed by atoms with Gasteiger partial charge in [0.25, 0.3) is 0 Å². The van der Waals surface area contributed by atoms with Crippen molar-refractivity contribution in [1.29, 1.82) is 0 Å². The molecule has 0 aromatic carbocycles. The first-order chi connectivity index (χ1) is 8.47. The van der Waals surface area contributed by atoms with E-state index < -0.39 is 12.1 Å². The number of ether oxygens (including phenoxy) is 1.